The summed E-state index contributed by atoms with van der Waals surface area (Å²) in [7, 11) is 0. The zero-order chi connectivity index (χ0) is 18.9. The second-order valence-corrected chi connectivity index (χ2v) is 7.08. The van der Waals surface area contributed by atoms with E-state index in [1.807, 2.05) is 6.07 Å². The molecule has 2 N–H and O–H groups in total. The van der Waals surface area contributed by atoms with Gasteiger partial charge in [0, 0.05) is 17.4 Å². The molecule has 0 heterocycles. The van der Waals surface area contributed by atoms with E-state index in [0.717, 1.165) is 4.47 Å². The van der Waals surface area contributed by atoms with Crippen LogP contribution >= 0.6 is 15.9 Å². The van der Waals surface area contributed by atoms with Crippen molar-refractivity contribution in [1.82, 2.24) is 5.32 Å². The van der Waals surface area contributed by atoms with E-state index >= 15 is 0 Å². The number of nitrogens with one attached hydrogen (secondary N) is 2. The van der Waals surface area contributed by atoms with Crippen molar-refractivity contribution in [3.05, 3.63) is 28.7 Å². The molecule has 138 valence electrons. The van der Waals surface area contributed by atoms with Crippen molar-refractivity contribution in [2.24, 2.45) is 0 Å². The Balaban J connectivity index is 2.17. The van der Waals surface area contributed by atoms with E-state index < -0.39 is 23.6 Å². The molecule has 0 fully saturated rings. The largest absolute Gasteiger partial charge is 0.456 e. The van der Waals surface area contributed by atoms with Gasteiger partial charge in [0.05, 0.1) is 5.69 Å². The predicted molar refractivity (Wildman–Crippen MR) is 97.2 cm³/mol. The third-order valence-electron chi connectivity index (χ3n) is 2.74. The number of carbonyl (C=O) groups excluding carboxylic acids is 3. The standard InChI is InChI=1S/C17H23BrN2O5/c1-17(2,3)25-16(23)19-10-6-9-15(22)24-11-14(21)20-13-8-5-4-7-12(13)18/h4-5,7-8H,6,9-11H2,1-3H3,(H,19,23)(H,20,21). The third kappa shape index (κ3) is 9.71. The van der Waals surface area contributed by atoms with E-state index in [4.69, 9.17) is 9.47 Å². The second kappa shape index (κ2) is 10.0. The van der Waals surface area contributed by atoms with E-state index in [2.05, 4.69) is 26.6 Å². The van der Waals surface area contributed by atoms with Crippen LogP contribution in [0, 0.1) is 0 Å². The van der Waals surface area contributed by atoms with Crippen molar-refractivity contribution in [2.45, 2.75) is 39.2 Å². The number of anilines is 1. The number of amides is 2. The molecule has 1 rings (SSSR count). The van der Waals surface area contributed by atoms with Gasteiger partial charge in [0.15, 0.2) is 6.61 Å². The molecular formula is C17H23BrN2O5. The Morgan fingerprint density at radius 2 is 1.84 bits per heavy atom. The number of para-hydroxylation sites is 1. The summed E-state index contributed by atoms with van der Waals surface area (Å²) in [5.74, 6) is -0.930. The molecule has 0 aromatic heterocycles. The molecule has 0 saturated heterocycles. The third-order valence-corrected chi connectivity index (χ3v) is 3.43. The van der Waals surface area contributed by atoms with E-state index in [1.54, 1.807) is 39.0 Å². The molecule has 0 saturated carbocycles. The number of hydrogen-bond donors (Lipinski definition) is 2. The molecule has 25 heavy (non-hydrogen) atoms. The Labute approximate surface area is 155 Å². The molecule has 0 aliphatic carbocycles. The first-order valence-corrected chi connectivity index (χ1v) is 8.63. The van der Waals surface area contributed by atoms with Crippen molar-refractivity contribution in [3.63, 3.8) is 0 Å². The number of carbonyl (C=O) groups is 3. The van der Waals surface area contributed by atoms with Crippen LogP contribution in [0.25, 0.3) is 0 Å². The fourth-order valence-corrected chi connectivity index (χ4v) is 2.09. The van der Waals surface area contributed by atoms with Crippen LogP contribution in [-0.2, 0) is 19.1 Å². The van der Waals surface area contributed by atoms with E-state index in [0.29, 0.717) is 12.1 Å². The van der Waals surface area contributed by atoms with E-state index in [-0.39, 0.29) is 19.6 Å². The average Bonchev–Trinajstić information content (AvgIpc) is 2.50. The van der Waals surface area contributed by atoms with Crippen molar-refractivity contribution >= 4 is 39.6 Å². The van der Waals surface area contributed by atoms with Gasteiger partial charge in [0.25, 0.3) is 5.91 Å². The smallest absolute Gasteiger partial charge is 0.407 e. The Hall–Kier alpha value is -2.09. The summed E-state index contributed by atoms with van der Waals surface area (Å²) in [5.41, 5.74) is 0.0366. The highest BCUT2D eigenvalue weighted by Gasteiger charge is 2.15. The van der Waals surface area contributed by atoms with Crippen molar-refractivity contribution < 1.29 is 23.9 Å². The molecule has 0 aliphatic heterocycles. The van der Waals surface area contributed by atoms with Crippen LogP contribution in [0.1, 0.15) is 33.6 Å². The quantitative estimate of drug-likeness (QED) is 0.527. The number of alkyl carbamates (subject to hydrolysis) is 1. The Morgan fingerprint density at radius 1 is 1.16 bits per heavy atom. The highest BCUT2D eigenvalue weighted by Crippen LogP contribution is 2.20. The maximum Gasteiger partial charge on any atom is 0.407 e. The van der Waals surface area contributed by atoms with Gasteiger partial charge in [-0.2, -0.15) is 0 Å². The van der Waals surface area contributed by atoms with Gasteiger partial charge in [-0.25, -0.2) is 4.79 Å². The first kappa shape index (κ1) is 21.0. The molecule has 0 bridgehead atoms. The topological polar surface area (TPSA) is 93.7 Å². The Kier molecular flexibility index (Phi) is 8.40. The molecule has 7 nitrogen and oxygen atoms in total. The minimum absolute atomic E-state index is 0.0953. The lowest BCUT2D eigenvalue weighted by molar-refractivity contribution is -0.147. The van der Waals surface area contributed by atoms with Gasteiger partial charge in [-0.15, -0.1) is 0 Å². The zero-order valence-electron chi connectivity index (χ0n) is 14.6. The summed E-state index contributed by atoms with van der Waals surface area (Å²) in [6, 6.07) is 7.13. The summed E-state index contributed by atoms with van der Waals surface area (Å²) >= 11 is 3.31. The average molecular weight is 415 g/mol. The minimum Gasteiger partial charge on any atom is -0.456 e. The molecule has 0 aliphatic rings. The second-order valence-electron chi connectivity index (χ2n) is 6.22. The normalized spacial score (nSPS) is 10.7. The van der Waals surface area contributed by atoms with Gasteiger partial charge in [0.1, 0.15) is 5.60 Å². The monoisotopic (exact) mass is 414 g/mol. The minimum atomic E-state index is -0.565. The van der Waals surface area contributed by atoms with Crippen molar-refractivity contribution in [1.29, 1.82) is 0 Å². The molecule has 8 heteroatoms. The molecule has 0 unspecified atom stereocenters. The summed E-state index contributed by atoms with van der Waals surface area (Å²) < 4.78 is 10.7. The van der Waals surface area contributed by atoms with Gasteiger partial charge in [-0.3, -0.25) is 9.59 Å². The van der Waals surface area contributed by atoms with Crippen LogP contribution in [-0.4, -0.2) is 36.7 Å². The van der Waals surface area contributed by atoms with Gasteiger partial charge < -0.3 is 20.1 Å². The predicted octanol–water partition coefficient (Wildman–Crippen LogP) is 3.24. The summed E-state index contributed by atoms with van der Waals surface area (Å²) in [5, 5.41) is 5.18. The lowest BCUT2D eigenvalue weighted by atomic mass is 10.2. The van der Waals surface area contributed by atoms with Crippen LogP contribution in [0.4, 0.5) is 10.5 Å². The highest BCUT2D eigenvalue weighted by molar-refractivity contribution is 9.10. The van der Waals surface area contributed by atoms with Crippen molar-refractivity contribution in [2.75, 3.05) is 18.5 Å². The van der Waals surface area contributed by atoms with Crippen LogP contribution < -0.4 is 10.6 Å². The fraction of sp³-hybridized carbons (Fsp3) is 0.471. The van der Waals surface area contributed by atoms with Gasteiger partial charge in [-0.1, -0.05) is 12.1 Å². The van der Waals surface area contributed by atoms with Gasteiger partial charge in [0.2, 0.25) is 0 Å². The summed E-state index contributed by atoms with van der Waals surface area (Å²) in [4.78, 5) is 34.7. The maximum atomic E-state index is 11.7. The number of benzene rings is 1. The molecule has 0 atom stereocenters. The summed E-state index contributed by atoms with van der Waals surface area (Å²) in [6.45, 7) is 5.22. The summed E-state index contributed by atoms with van der Waals surface area (Å²) in [6.07, 6.45) is -0.0455. The SMILES string of the molecule is CC(C)(C)OC(=O)NCCCC(=O)OCC(=O)Nc1ccccc1Br. The van der Waals surface area contributed by atoms with E-state index in [1.165, 1.54) is 0 Å². The lowest BCUT2D eigenvalue weighted by Gasteiger charge is -2.19. The first-order valence-electron chi connectivity index (χ1n) is 7.84. The Bertz CT molecular complexity index is 613. The molecule has 0 spiro atoms. The van der Waals surface area contributed by atoms with Crippen molar-refractivity contribution in [3.8, 4) is 0 Å². The van der Waals surface area contributed by atoms with Crippen LogP contribution in [0.3, 0.4) is 0 Å². The first-order chi connectivity index (χ1) is 11.7. The number of esters is 1. The number of hydrogen-bond acceptors (Lipinski definition) is 5. The van der Waals surface area contributed by atoms with Crippen LogP contribution in [0.2, 0.25) is 0 Å². The molecule has 1 aromatic rings. The molecule has 1 aromatic carbocycles. The van der Waals surface area contributed by atoms with E-state index in [9.17, 15) is 14.4 Å². The zero-order valence-corrected chi connectivity index (χ0v) is 16.1. The molecule has 0 radical (unpaired) electrons. The highest BCUT2D eigenvalue weighted by atomic mass is 79.9. The molecular weight excluding hydrogens is 392 g/mol. The Morgan fingerprint density at radius 3 is 2.48 bits per heavy atom. The van der Waals surface area contributed by atoms with Gasteiger partial charge in [-0.05, 0) is 55.3 Å². The maximum absolute atomic E-state index is 11.7. The number of ether oxygens (including phenoxy) is 2. The molecule has 2 amide bonds. The number of halogens is 1. The van der Waals surface area contributed by atoms with Crippen LogP contribution in [0.15, 0.2) is 28.7 Å². The lowest BCUT2D eigenvalue weighted by Crippen LogP contribution is -2.33. The number of rotatable bonds is 7. The van der Waals surface area contributed by atoms with Gasteiger partial charge >= 0.3 is 12.1 Å². The fourth-order valence-electron chi connectivity index (χ4n) is 1.70. The van der Waals surface area contributed by atoms with Crippen LogP contribution in [0.5, 0.6) is 0 Å².